The van der Waals surface area contributed by atoms with Crippen LogP contribution in [-0.2, 0) is 28.7 Å². The summed E-state index contributed by atoms with van der Waals surface area (Å²) < 4.78 is 6.20. The van der Waals surface area contributed by atoms with Crippen LogP contribution >= 0.6 is 9.39 Å². The lowest BCUT2D eigenvalue weighted by Crippen LogP contribution is -2.56. The Morgan fingerprint density at radius 3 is 2.28 bits per heavy atom. The number of amides is 5. The maximum atomic E-state index is 13.8. The van der Waals surface area contributed by atoms with Crippen LogP contribution in [0.3, 0.4) is 0 Å². The van der Waals surface area contributed by atoms with Gasteiger partial charge in [-0.3, -0.25) is 24.0 Å². The van der Waals surface area contributed by atoms with Gasteiger partial charge in [-0.2, -0.15) is 0 Å². The van der Waals surface area contributed by atoms with Crippen molar-refractivity contribution >= 4 is 38.9 Å². The normalized spacial score (nSPS) is 21.2. The lowest BCUT2D eigenvalue weighted by Gasteiger charge is -2.33. The van der Waals surface area contributed by atoms with Crippen LogP contribution < -0.4 is 21.0 Å². The van der Waals surface area contributed by atoms with Gasteiger partial charge in [0, 0.05) is 18.9 Å². The summed E-state index contributed by atoms with van der Waals surface area (Å²) in [5, 5.41) is 21.3. The molecule has 13 heteroatoms. The van der Waals surface area contributed by atoms with Gasteiger partial charge in [-0.25, -0.2) is 0 Å². The highest BCUT2D eigenvalue weighted by Gasteiger charge is 2.44. The molecule has 2 fully saturated rings. The minimum atomic E-state index is -1.65. The second-order valence-electron chi connectivity index (χ2n) is 13.8. The van der Waals surface area contributed by atoms with Crippen molar-refractivity contribution in [1.82, 2.24) is 25.9 Å². The summed E-state index contributed by atoms with van der Waals surface area (Å²) in [6, 6.07) is 5.90. The van der Waals surface area contributed by atoms with Crippen LogP contribution in [0.1, 0.15) is 97.6 Å². The average molecular weight is 676 g/mol. The zero-order chi connectivity index (χ0) is 34.7. The van der Waals surface area contributed by atoms with Gasteiger partial charge < -0.3 is 35.8 Å². The van der Waals surface area contributed by atoms with Crippen molar-refractivity contribution in [3.05, 3.63) is 35.9 Å². The summed E-state index contributed by atoms with van der Waals surface area (Å²) >= 11 is 0. The lowest BCUT2D eigenvalue weighted by atomic mass is 9.80. The van der Waals surface area contributed by atoms with E-state index in [2.05, 4.69) is 30.4 Å². The van der Waals surface area contributed by atoms with E-state index in [9.17, 15) is 29.1 Å². The van der Waals surface area contributed by atoms with E-state index in [4.69, 9.17) is 4.74 Å². The second-order valence-corrected chi connectivity index (χ2v) is 14.1. The molecule has 0 aromatic heterocycles. The molecular formula is C34H54N5O7P. The Balaban J connectivity index is 1.66. The molecule has 262 valence electrons. The predicted octanol–water partition coefficient (Wildman–Crippen LogP) is 2.51. The van der Waals surface area contributed by atoms with Crippen LogP contribution in [0.5, 0.6) is 0 Å². The van der Waals surface area contributed by atoms with Crippen molar-refractivity contribution in [3.63, 3.8) is 0 Å². The molecule has 1 heterocycles. The molecule has 1 saturated heterocycles. The molecule has 1 aromatic rings. The summed E-state index contributed by atoms with van der Waals surface area (Å²) in [7, 11) is 2.10. The largest absolute Gasteiger partial charge is 0.381 e. The Morgan fingerprint density at radius 1 is 1.02 bits per heavy atom. The molecule has 1 aliphatic carbocycles. The van der Waals surface area contributed by atoms with Crippen LogP contribution in [0.25, 0.3) is 0 Å². The van der Waals surface area contributed by atoms with E-state index in [1.165, 1.54) is 6.42 Å². The van der Waals surface area contributed by atoms with E-state index < -0.39 is 60.0 Å². The highest BCUT2D eigenvalue weighted by Crippen LogP contribution is 2.33. The number of aliphatic hydroxyl groups is 1. The maximum absolute atomic E-state index is 13.8. The first kappa shape index (κ1) is 38.4. The summed E-state index contributed by atoms with van der Waals surface area (Å²) in [6.45, 7) is 9.41. The molecule has 0 bridgehead atoms. The van der Waals surface area contributed by atoms with Crippen molar-refractivity contribution < 1.29 is 33.8 Å². The topological polar surface area (TPSA) is 166 Å². The molecule has 1 saturated carbocycles. The first-order valence-corrected chi connectivity index (χ1v) is 17.4. The van der Waals surface area contributed by atoms with Gasteiger partial charge in [0.1, 0.15) is 12.1 Å². The van der Waals surface area contributed by atoms with Crippen LogP contribution in [0.4, 0.5) is 0 Å². The number of nitrogens with zero attached hydrogens (tertiary/aromatic N) is 1. The molecule has 1 aromatic carbocycles. The molecule has 5 N–H and O–H groups in total. The third kappa shape index (κ3) is 11.3. The predicted molar refractivity (Wildman–Crippen MR) is 182 cm³/mol. The highest BCUT2D eigenvalue weighted by atomic mass is 31.0. The molecule has 1 aliphatic heterocycles. The van der Waals surface area contributed by atoms with Gasteiger partial charge in [-0.15, -0.1) is 0 Å². The van der Waals surface area contributed by atoms with E-state index in [-0.39, 0.29) is 30.3 Å². The van der Waals surface area contributed by atoms with Gasteiger partial charge in [-0.05, 0) is 60.9 Å². The molecule has 0 radical (unpaired) electrons. The van der Waals surface area contributed by atoms with Gasteiger partial charge in [0.15, 0.2) is 6.10 Å². The number of aliphatic hydroxyl groups excluding tert-OH is 1. The SMILES string of the molecule is CCCC(NC(=O)[C@@H]1C[C@@H](OC(C)(C)C)CN1C(=O)[C@@H](C)C1CCCCC1)C(O)C(=O)NCC(=O)N[C@H](C(=O)NP)c1ccccc1. The number of hydrogen-bond acceptors (Lipinski definition) is 7. The van der Waals surface area contributed by atoms with Gasteiger partial charge in [0.25, 0.3) is 5.91 Å². The van der Waals surface area contributed by atoms with Crippen molar-refractivity contribution in [1.29, 1.82) is 0 Å². The fraction of sp³-hybridized carbons (Fsp3) is 0.676. The fourth-order valence-electron chi connectivity index (χ4n) is 6.57. The van der Waals surface area contributed by atoms with E-state index in [0.717, 1.165) is 25.7 Å². The number of hydrogen-bond donors (Lipinski definition) is 5. The molecule has 5 amide bonds. The van der Waals surface area contributed by atoms with Crippen LogP contribution in [0, 0.1) is 11.8 Å². The van der Waals surface area contributed by atoms with Crippen LogP contribution in [-0.4, -0.2) is 82.5 Å². The Hall–Kier alpha value is -3.08. The summed E-state index contributed by atoms with van der Waals surface area (Å²) in [5.74, 6) is -2.42. The number of carbonyl (C=O) groups excluding carboxylic acids is 5. The Morgan fingerprint density at radius 2 is 1.68 bits per heavy atom. The van der Waals surface area contributed by atoms with Crippen LogP contribution in [0.15, 0.2) is 30.3 Å². The number of ether oxygens (including phenoxy) is 1. The second kappa shape index (κ2) is 17.9. The maximum Gasteiger partial charge on any atom is 0.251 e. The molecule has 2 aliphatic rings. The summed E-state index contributed by atoms with van der Waals surface area (Å²) in [5.41, 5.74) is 0.0893. The first-order chi connectivity index (χ1) is 22.2. The van der Waals surface area contributed by atoms with E-state index >= 15 is 0 Å². The minimum absolute atomic E-state index is 0.0717. The quantitative estimate of drug-likeness (QED) is 0.189. The number of carbonyl (C=O) groups is 5. The monoisotopic (exact) mass is 675 g/mol. The summed E-state index contributed by atoms with van der Waals surface area (Å²) in [4.78, 5) is 67.3. The van der Waals surface area contributed by atoms with Gasteiger partial charge in [-0.1, -0.05) is 69.9 Å². The third-order valence-corrected chi connectivity index (χ3v) is 9.24. The van der Waals surface area contributed by atoms with Crippen LogP contribution in [0.2, 0.25) is 0 Å². The lowest BCUT2D eigenvalue weighted by molar-refractivity contribution is -0.144. The van der Waals surface area contributed by atoms with E-state index in [1.54, 1.807) is 35.2 Å². The molecule has 3 rings (SSSR count). The Labute approximate surface area is 281 Å². The van der Waals surface area contributed by atoms with Gasteiger partial charge in [0.2, 0.25) is 23.6 Å². The Kier molecular flexibility index (Phi) is 14.6. The standard InChI is InChI=1S/C34H54N5O7P/c1-6-13-25(29(41)32(44)35-19-27(40)37-28(31(43)38-47)23-16-11-8-12-17-23)36-30(42)26-18-24(46-34(3,4)5)20-39(26)33(45)21(2)22-14-9-7-10-15-22/h8,11-12,16-17,21-22,24-26,28-29,41H,6-7,9-10,13-15,18-20,47H2,1-5H3,(H,35,44)(H,36,42)(H,37,40)(H,38,43)/t21-,24+,25?,26-,28-,29?/m0/s1. The summed E-state index contributed by atoms with van der Waals surface area (Å²) in [6.07, 6.45) is 4.53. The number of benzene rings is 1. The molecular weight excluding hydrogens is 621 g/mol. The zero-order valence-electron chi connectivity index (χ0n) is 28.4. The molecule has 0 spiro atoms. The third-order valence-electron chi connectivity index (χ3n) is 8.96. The molecule has 3 unspecified atom stereocenters. The van der Waals surface area contributed by atoms with E-state index in [0.29, 0.717) is 24.9 Å². The minimum Gasteiger partial charge on any atom is -0.381 e. The Bertz CT molecular complexity index is 1220. The number of nitrogens with one attached hydrogen (secondary N) is 4. The molecule has 7 atom stereocenters. The average Bonchev–Trinajstić information content (AvgIpc) is 3.47. The number of rotatable bonds is 14. The molecule has 47 heavy (non-hydrogen) atoms. The van der Waals surface area contributed by atoms with Crippen molar-refractivity contribution in [2.75, 3.05) is 13.1 Å². The zero-order valence-corrected chi connectivity index (χ0v) is 29.6. The number of likely N-dealkylation sites (tertiary alicyclic amines) is 1. The van der Waals surface area contributed by atoms with Crippen molar-refractivity contribution in [3.8, 4) is 0 Å². The van der Waals surface area contributed by atoms with Gasteiger partial charge in [0.05, 0.1) is 24.3 Å². The highest BCUT2D eigenvalue weighted by molar-refractivity contribution is 7.15. The van der Waals surface area contributed by atoms with Crippen molar-refractivity contribution in [2.24, 2.45) is 11.8 Å². The van der Waals surface area contributed by atoms with E-state index in [1.807, 2.05) is 34.6 Å². The van der Waals surface area contributed by atoms with Gasteiger partial charge >= 0.3 is 0 Å². The smallest absolute Gasteiger partial charge is 0.251 e. The van der Waals surface area contributed by atoms with Crippen molar-refractivity contribution in [2.45, 2.75) is 122 Å². The first-order valence-electron chi connectivity index (χ1n) is 16.8. The molecule has 12 nitrogen and oxygen atoms in total. The fourth-order valence-corrected chi connectivity index (χ4v) is 6.73.